The Hall–Kier alpha value is -0.570. The zero-order valence-electron chi connectivity index (χ0n) is 9.95. The lowest BCUT2D eigenvalue weighted by atomic mass is 9.96. The maximum absolute atomic E-state index is 11.2. The molecule has 0 radical (unpaired) electrons. The van der Waals surface area contributed by atoms with Crippen LogP contribution in [0.15, 0.2) is 0 Å². The molecule has 0 bridgehead atoms. The topological polar surface area (TPSA) is 29.5 Å². The summed E-state index contributed by atoms with van der Waals surface area (Å²) in [6.07, 6.45) is 3.72. The molecule has 0 aromatic carbocycles. The molecule has 2 unspecified atom stereocenters. The standard InChI is InChI=1S/C12H21NO2/c1-4-10-7-12(6-5-11(14)15-12)8-13(10)9(2)3/h9-10H,4-8H2,1-3H3. The number of hydrogen-bond acceptors (Lipinski definition) is 3. The molecule has 0 aromatic rings. The summed E-state index contributed by atoms with van der Waals surface area (Å²) < 4.78 is 5.54. The highest BCUT2D eigenvalue weighted by Crippen LogP contribution is 2.40. The zero-order valence-corrected chi connectivity index (χ0v) is 9.95. The van der Waals surface area contributed by atoms with Gasteiger partial charge in [-0.2, -0.15) is 0 Å². The van der Waals surface area contributed by atoms with Gasteiger partial charge in [-0.3, -0.25) is 9.69 Å². The quantitative estimate of drug-likeness (QED) is 0.654. The van der Waals surface area contributed by atoms with E-state index in [0.717, 1.165) is 25.8 Å². The van der Waals surface area contributed by atoms with Gasteiger partial charge in [-0.05, 0) is 26.7 Å². The third-order valence-electron chi connectivity index (χ3n) is 3.80. The molecular weight excluding hydrogens is 190 g/mol. The fourth-order valence-corrected chi connectivity index (χ4v) is 2.98. The summed E-state index contributed by atoms with van der Waals surface area (Å²) in [5, 5.41) is 0. The van der Waals surface area contributed by atoms with Crippen molar-refractivity contribution in [3.05, 3.63) is 0 Å². The molecule has 0 saturated carbocycles. The molecule has 2 saturated heterocycles. The molecule has 2 rings (SSSR count). The fourth-order valence-electron chi connectivity index (χ4n) is 2.98. The van der Waals surface area contributed by atoms with Crippen molar-refractivity contribution < 1.29 is 9.53 Å². The number of likely N-dealkylation sites (tertiary alicyclic amines) is 1. The van der Waals surface area contributed by atoms with Gasteiger partial charge in [-0.1, -0.05) is 6.92 Å². The van der Waals surface area contributed by atoms with Crippen LogP contribution in [-0.2, 0) is 9.53 Å². The summed E-state index contributed by atoms with van der Waals surface area (Å²) in [7, 11) is 0. The molecule has 86 valence electrons. The first-order valence-electron chi connectivity index (χ1n) is 6.04. The summed E-state index contributed by atoms with van der Waals surface area (Å²) in [6.45, 7) is 7.60. The lowest BCUT2D eigenvalue weighted by molar-refractivity contribution is -0.147. The van der Waals surface area contributed by atoms with E-state index in [1.165, 1.54) is 0 Å². The van der Waals surface area contributed by atoms with Gasteiger partial charge in [0.25, 0.3) is 0 Å². The Morgan fingerprint density at radius 3 is 2.73 bits per heavy atom. The van der Waals surface area contributed by atoms with Gasteiger partial charge in [-0.25, -0.2) is 0 Å². The van der Waals surface area contributed by atoms with E-state index in [1.807, 2.05) is 0 Å². The predicted molar refractivity (Wildman–Crippen MR) is 58.6 cm³/mol. The van der Waals surface area contributed by atoms with Crippen LogP contribution >= 0.6 is 0 Å². The van der Waals surface area contributed by atoms with Crippen LogP contribution in [-0.4, -0.2) is 35.1 Å². The Morgan fingerprint density at radius 2 is 2.33 bits per heavy atom. The van der Waals surface area contributed by atoms with E-state index in [-0.39, 0.29) is 11.6 Å². The smallest absolute Gasteiger partial charge is 0.306 e. The molecule has 3 nitrogen and oxygen atoms in total. The van der Waals surface area contributed by atoms with Gasteiger partial charge in [0.2, 0.25) is 0 Å². The Morgan fingerprint density at radius 1 is 1.60 bits per heavy atom. The molecule has 2 fully saturated rings. The maximum atomic E-state index is 11.2. The molecule has 0 N–H and O–H groups in total. The van der Waals surface area contributed by atoms with Gasteiger partial charge in [0.15, 0.2) is 0 Å². The second-order valence-electron chi connectivity index (χ2n) is 5.19. The number of hydrogen-bond donors (Lipinski definition) is 0. The van der Waals surface area contributed by atoms with Crippen molar-refractivity contribution in [3.8, 4) is 0 Å². The normalized spacial score (nSPS) is 36.8. The van der Waals surface area contributed by atoms with Crippen LogP contribution in [0.1, 0.15) is 46.5 Å². The van der Waals surface area contributed by atoms with Crippen molar-refractivity contribution >= 4 is 5.97 Å². The third kappa shape index (κ3) is 1.89. The average molecular weight is 211 g/mol. The second kappa shape index (κ2) is 3.78. The Bertz CT molecular complexity index is 264. The second-order valence-corrected chi connectivity index (χ2v) is 5.19. The lowest BCUT2D eigenvalue weighted by Gasteiger charge is -2.27. The van der Waals surface area contributed by atoms with Crippen molar-refractivity contribution in [2.45, 2.75) is 64.1 Å². The Kier molecular flexibility index (Phi) is 2.75. The van der Waals surface area contributed by atoms with Crippen molar-refractivity contribution in [2.75, 3.05) is 6.54 Å². The van der Waals surface area contributed by atoms with E-state index in [2.05, 4.69) is 25.7 Å². The number of rotatable bonds is 2. The molecule has 2 aliphatic rings. The van der Waals surface area contributed by atoms with Crippen LogP contribution in [0.5, 0.6) is 0 Å². The number of ether oxygens (including phenoxy) is 1. The highest BCUT2D eigenvalue weighted by Gasteiger charge is 2.49. The van der Waals surface area contributed by atoms with Crippen molar-refractivity contribution in [2.24, 2.45) is 0 Å². The Labute approximate surface area is 91.8 Å². The van der Waals surface area contributed by atoms with Crippen molar-refractivity contribution in [1.29, 1.82) is 0 Å². The van der Waals surface area contributed by atoms with Crippen LogP contribution in [0.3, 0.4) is 0 Å². The summed E-state index contributed by atoms with van der Waals surface area (Å²) >= 11 is 0. The zero-order chi connectivity index (χ0) is 11.1. The van der Waals surface area contributed by atoms with Gasteiger partial charge < -0.3 is 4.74 Å². The highest BCUT2D eigenvalue weighted by atomic mass is 16.6. The van der Waals surface area contributed by atoms with Gasteiger partial charge in [0, 0.05) is 31.5 Å². The van der Waals surface area contributed by atoms with Gasteiger partial charge >= 0.3 is 5.97 Å². The first-order chi connectivity index (χ1) is 7.06. The molecule has 0 aromatic heterocycles. The van der Waals surface area contributed by atoms with E-state index in [0.29, 0.717) is 18.5 Å². The van der Waals surface area contributed by atoms with E-state index >= 15 is 0 Å². The molecular formula is C12H21NO2. The van der Waals surface area contributed by atoms with E-state index < -0.39 is 0 Å². The monoisotopic (exact) mass is 211 g/mol. The summed E-state index contributed by atoms with van der Waals surface area (Å²) in [5.41, 5.74) is -0.137. The average Bonchev–Trinajstić information content (AvgIpc) is 2.71. The predicted octanol–water partition coefficient (Wildman–Crippen LogP) is 1.95. The van der Waals surface area contributed by atoms with E-state index in [9.17, 15) is 4.79 Å². The first-order valence-corrected chi connectivity index (χ1v) is 6.04. The van der Waals surface area contributed by atoms with Crippen LogP contribution in [0.4, 0.5) is 0 Å². The summed E-state index contributed by atoms with van der Waals surface area (Å²) in [4.78, 5) is 13.7. The molecule has 1 spiro atoms. The van der Waals surface area contributed by atoms with Crippen molar-refractivity contribution in [1.82, 2.24) is 4.90 Å². The summed E-state index contributed by atoms with van der Waals surface area (Å²) in [6, 6.07) is 1.14. The van der Waals surface area contributed by atoms with E-state index in [4.69, 9.17) is 4.74 Å². The minimum Gasteiger partial charge on any atom is -0.458 e. The molecule has 2 aliphatic heterocycles. The lowest BCUT2D eigenvalue weighted by Crippen LogP contribution is -2.38. The third-order valence-corrected chi connectivity index (χ3v) is 3.80. The van der Waals surface area contributed by atoms with Crippen LogP contribution in [0.25, 0.3) is 0 Å². The molecule has 15 heavy (non-hydrogen) atoms. The van der Waals surface area contributed by atoms with E-state index in [1.54, 1.807) is 0 Å². The molecule has 0 amide bonds. The number of nitrogens with zero attached hydrogens (tertiary/aromatic N) is 1. The number of carbonyl (C=O) groups is 1. The molecule has 0 aliphatic carbocycles. The number of esters is 1. The number of carbonyl (C=O) groups excluding carboxylic acids is 1. The van der Waals surface area contributed by atoms with Crippen molar-refractivity contribution in [3.63, 3.8) is 0 Å². The van der Waals surface area contributed by atoms with Crippen LogP contribution in [0.2, 0.25) is 0 Å². The minimum atomic E-state index is -0.137. The maximum Gasteiger partial charge on any atom is 0.306 e. The molecule has 2 heterocycles. The largest absolute Gasteiger partial charge is 0.458 e. The molecule has 3 heteroatoms. The van der Waals surface area contributed by atoms with Crippen LogP contribution < -0.4 is 0 Å². The summed E-state index contributed by atoms with van der Waals surface area (Å²) in [5.74, 6) is -0.00420. The van der Waals surface area contributed by atoms with Crippen LogP contribution in [0, 0.1) is 0 Å². The highest BCUT2D eigenvalue weighted by molar-refractivity contribution is 5.72. The minimum absolute atomic E-state index is 0.00420. The van der Waals surface area contributed by atoms with Gasteiger partial charge in [0.05, 0.1) is 0 Å². The van der Waals surface area contributed by atoms with Gasteiger partial charge in [-0.15, -0.1) is 0 Å². The fraction of sp³-hybridized carbons (Fsp3) is 0.917. The molecule has 2 atom stereocenters. The Balaban J connectivity index is 2.10. The first kappa shape index (κ1) is 10.9. The SMILES string of the molecule is CCC1CC2(CCC(=O)O2)CN1C(C)C. The van der Waals surface area contributed by atoms with Gasteiger partial charge in [0.1, 0.15) is 5.60 Å².